The van der Waals surface area contributed by atoms with E-state index in [9.17, 15) is 14.3 Å². The third-order valence-corrected chi connectivity index (χ3v) is 4.79. The fourth-order valence-corrected chi connectivity index (χ4v) is 2.57. The molecule has 0 aliphatic carbocycles. The zero-order chi connectivity index (χ0) is 15.1. The van der Waals surface area contributed by atoms with Crippen molar-refractivity contribution in [3.63, 3.8) is 0 Å². The third-order valence-electron chi connectivity index (χ3n) is 4.79. The van der Waals surface area contributed by atoms with Crippen LogP contribution in [0.3, 0.4) is 0 Å². The molecule has 1 aromatic rings. The van der Waals surface area contributed by atoms with Gasteiger partial charge in [0.15, 0.2) is 0 Å². The molecule has 0 bridgehead atoms. The molecule has 110 valence electrons. The second-order valence-corrected chi connectivity index (χ2v) is 6.70. The molecule has 20 heavy (non-hydrogen) atoms. The second-order valence-electron chi connectivity index (χ2n) is 6.70. The van der Waals surface area contributed by atoms with Gasteiger partial charge in [-0.2, -0.15) is 0 Å². The van der Waals surface area contributed by atoms with Gasteiger partial charge >= 0.3 is 0 Å². The van der Waals surface area contributed by atoms with Crippen molar-refractivity contribution in [3.8, 4) is 0 Å². The van der Waals surface area contributed by atoms with Crippen LogP contribution in [0.2, 0.25) is 0 Å². The van der Waals surface area contributed by atoms with E-state index in [2.05, 4.69) is 13.8 Å². The van der Waals surface area contributed by atoms with Crippen molar-refractivity contribution < 1.29 is 14.3 Å². The number of likely N-dealkylation sites (tertiary alicyclic amines) is 1. The molecule has 0 aromatic heterocycles. The summed E-state index contributed by atoms with van der Waals surface area (Å²) in [4.78, 5) is 14.1. The van der Waals surface area contributed by atoms with Crippen molar-refractivity contribution in [2.75, 3.05) is 6.54 Å². The van der Waals surface area contributed by atoms with Crippen molar-refractivity contribution in [1.29, 1.82) is 0 Å². The number of benzene rings is 1. The number of carbonyl (C=O) groups excluding carboxylic acids is 1. The summed E-state index contributed by atoms with van der Waals surface area (Å²) in [5, 5.41) is 10.1. The molecule has 0 saturated carbocycles. The smallest absolute Gasteiger partial charge is 0.226 e. The minimum absolute atomic E-state index is 0.0109. The molecule has 1 N–H and O–H groups in total. The van der Waals surface area contributed by atoms with Gasteiger partial charge in [-0.05, 0) is 31.5 Å². The van der Waals surface area contributed by atoms with E-state index >= 15 is 0 Å². The largest absolute Gasteiger partial charge is 0.388 e. The number of hydrogen-bond donors (Lipinski definition) is 1. The van der Waals surface area contributed by atoms with Crippen molar-refractivity contribution >= 4 is 5.91 Å². The fourth-order valence-electron chi connectivity index (χ4n) is 2.57. The van der Waals surface area contributed by atoms with Crippen LogP contribution in [-0.4, -0.2) is 28.0 Å². The minimum atomic E-state index is -0.960. The molecule has 0 spiro atoms. The van der Waals surface area contributed by atoms with E-state index in [1.165, 1.54) is 18.2 Å². The van der Waals surface area contributed by atoms with Crippen LogP contribution in [0.25, 0.3) is 0 Å². The summed E-state index contributed by atoms with van der Waals surface area (Å²) in [5.74, 6) is -0.495. The summed E-state index contributed by atoms with van der Waals surface area (Å²) < 4.78 is 13.1. The van der Waals surface area contributed by atoms with Crippen LogP contribution in [0.1, 0.15) is 45.8 Å². The van der Waals surface area contributed by atoms with Crippen LogP contribution in [0.15, 0.2) is 24.3 Å². The van der Waals surface area contributed by atoms with Crippen LogP contribution < -0.4 is 0 Å². The maximum Gasteiger partial charge on any atom is 0.226 e. The first kappa shape index (κ1) is 15.0. The molecule has 2 rings (SSSR count). The zero-order valence-corrected chi connectivity index (χ0v) is 12.5. The van der Waals surface area contributed by atoms with Gasteiger partial charge in [0.2, 0.25) is 5.91 Å². The Labute approximate surface area is 119 Å². The summed E-state index contributed by atoms with van der Waals surface area (Å²) in [7, 11) is 0. The molecule has 4 heteroatoms. The number of nitrogens with zero attached hydrogens (tertiary/aromatic N) is 1. The number of aliphatic hydroxyl groups excluding tert-OH is 1. The van der Waals surface area contributed by atoms with Gasteiger partial charge in [0.05, 0.1) is 12.5 Å². The first-order valence-corrected chi connectivity index (χ1v) is 6.89. The summed E-state index contributed by atoms with van der Waals surface area (Å²) in [6, 6.07) is 5.75. The fraction of sp³-hybridized carbons (Fsp3) is 0.562. The van der Waals surface area contributed by atoms with Gasteiger partial charge in [0.25, 0.3) is 0 Å². The Morgan fingerprint density at radius 2 is 2.05 bits per heavy atom. The molecule has 1 saturated heterocycles. The van der Waals surface area contributed by atoms with E-state index in [0.717, 1.165) is 0 Å². The highest BCUT2D eigenvalue weighted by atomic mass is 19.1. The Morgan fingerprint density at radius 1 is 1.40 bits per heavy atom. The summed E-state index contributed by atoms with van der Waals surface area (Å²) in [5.41, 5.74) is 0.300. The second kappa shape index (κ2) is 4.85. The molecule has 3 nitrogen and oxygen atoms in total. The van der Waals surface area contributed by atoms with E-state index in [1.54, 1.807) is 11.0 Å². The van der Waals surface area contributed by atoms with E-state index in [-0.39, 0.29) is 23.3 Å². The summed E-state index contributed by atoms with van der Waals surface area (Å²) in [6.07, 6.45) is -0.971. The van der Waals surface area contributed by atoms with Gasteiger partial charge in [-0.1, -0.05) is 26.0 Å². The predicted octanol–water partition coefficient (Wildman–Crippen LogP) is 2.90. The average molecular weight is 279 g/mol. The molecule has 1 heterocycles. The van der Waals surface area contributed by atoms with Crippen molar-refractivity contribution in [2.45, 2.75) is 45.8 Å². The van der Waals surface area contributed by atoms with Crippen molar-refractivity contribution in [3.05, 3.63) is 35.6 Å². The van der Waals surface area contributed by atoms with E-state index in [4.69, 9.17) is 0 Å². The third kappa shape index (κ3) is 2.44. The molecular weight excluding hydrogens is 257 g/mol. The number of carbonyl (C=O) groups is 1. The molecule has 1 aromatic carbocycles. The standard InChI is InChI=1S/C16H22FNO2/c1-15(2)10-18(16(15,3)4)14(20)9-13(19)11-6-5-7-12(17)8-11/h5-8,13,19H,9-10H2,1-4H3. The van der Waals surface area contributed by atoms with Gasteiger partial charge in [0, 0.05) is 17.5 Å². The maximum absolute atomic E-state index is 13.1. The van der Waals surface area contributed by atoms with Gasteiger partial charge < -0.3 is 10.0 Å². The van der Waals surface area contributed by atoms with E-state index in [0.29, 0.717) is 12.1 Å². The van der Waals surface area contributed by atoms with Crippen LogP contribution >= 0.6 is 0 Å². The highest BCUT2D eigenvalue weighted by Gasteiger charge is 2.54. The molecule has 0 radical (unpaired) electrons. The number of aliphatic hydroxyl groups is 1. The minimum Gasteiger partial charge on any atom is -0.388 e. The van der Waals surface area contributed by atoms with Gasteiger partial charge in [-0.15, -0.1) is 0 Å². The van der Waals surface area contributed by atoms with E-state index < -0.39 is 11.9 Å². The number of amides is 1. The number of halogens is 1. The lowest BCUT2D eigenvalue weighted by atomic mass is 9.65. The number of rotatable bonds is 3. The van der Waals surface area contributed by atoms with Crippen LogP contribution in [-0.2, 0) is 4.79 Å². The van der Waals surface area contributed by atoms with Crippen LogP contribution in [0.4, 0.5) is 4.39 Å². The Balaban J connectivity index is 2.03. The van der Waals surface area contributed by atoms with Crippen LogP contribution in [0.5, 0.6) is 0 Å². The van der Waals surface area contributed by atoms with Gasteiger partial charge in [0.1, 0.15) is 5.82 Å². The van der Waals surface area contributed by atoms with Crippen molar-refractivity contribution in [2.24, 2.45) is 5.41 Å². The lowest BCUT2D eigenvalue weighted by molar-refractivity contribution is -0.169. The highest BCUT2D eigenvalue weighted by molar-refractivity contribution is 5.79. The maximum atomic E-state index is 13.1. The lowest BCUT2D eigenvalue weighted by Gasteiger charge is -2.61. The summed E-state index contributed by atoms with van der Waals surface area (Å²) >= 11 is 0. The quantitative estimate of drug-likeness (QED) is 0.924. The number of hydrogen-bond acceptors (Lipinski definition) is 2. The molecule has 1 amide bonds. The molecule has 1 unspecified atom stereocenters. The normalized spacial score (nSPS) is 21.2. The summed E-state index contributed by atoms with van der Waals surface area (Å²) in [6.45, 7) is 9.00. The monoisotopic (exact) mass is 279 g/mol. The first-order valence-electron chi connectivity index (χ1n) is 6.89. The van der Waals surface area contributed by atoms with E-state index in [1.807, 2.05) is 13.8 Å². The Bertz CT molecular complexity index is 525. The SMILES string of the molecule is CC1(C)CN(C(=O)CC(O)c2cccc(F)c2)C1(C)C. The topological polar surface area (TPSA) is 40.5 Å². The average Bonchev–Trinajstić information content (AvgIpc) is 2.35. The van der Waals surface area contributed by atoms with Crippen LogP contribution in [0, 0.1) is 11.2 Å². The van der Waals surface area contributed by atoms with Gasteiger partial charge in [-0.3, -0.25) is 4.79 Å². The van der Waals surface area contributed by atoms with Crippen molar-refractivity contribution in [1.82, 2.24) is 4.90 Å². The molecule has 1 aliphatic heterocycles. The molecular formula is C16H22FNO2. The highest BCUT2D eigenvalue weighted by Crippen LogP contribution is 2.46. The Hall–Kier alpha value is -1.42. The molecule has 1 aliphatic rings. The molecule has 1 atom stereocenters. The van der Waals surface area contributed by atoms with Gasteiger partial charge in [-0.25, -0.2) is 4.39 Å². The Kier molecular flexibility index (Phi) is 3.63. The molecule has 1 fully saturated rings. The Morgan fingerprint density at radius 3 is 2.55 bits per heavy atom. The lowest BCUT2D eigenvalue weighted by Crippen LogP contribution is -2.70. The first-order chi connectivity index (χ1) is 9.15. The predicted molar refractivity (Wildman–Crippen MR) is 75.5 cm³/mol. The zero-order valence-electron chi connectivity index (χ0n) is 12.5.